The van der Waals surface area contributed by atoms with Crippen LogP contribution in [0.25, 0.3) is 11.1 Å². The summed E-state index contributed by atoms with van der Waals surface area (Å²) in [5.74, 6) is -0.475. The number of carbonyl (C=O) groups is 1. The number of aryl methyl sites for hydroxylation is 1. The van der Waals surface area contributed by atoms with Crippen molar-refractivity contribution >= 4 is 16.2 Å². The fourth-order valence-corrected chi connectivity index (χ4v) is 4.87. The maximum Gasteiger partial charge on any atom is 0.319 e. The van der Waals surface area contributed by atoms with Gasteiger partial charge in [-0.1, -0.05) is 48.0 Å². The third-order valence-corrected chi connectivity index (χ3v) is 7.34. The lowest BCUT2D eigenvalue weighted by Crippen LogP contribution is -2.53. The highest BCUT2D eigenvalue weighted by Crippen LogP contribution is 2.30. The number of carbonyl (C=O) groups excluding carboxylic acids is 1. The maximum absolute atomic E-state index is 15.6. The van der Waals surface area contributed by atoms with E-state index in [0.29, 0.717) is 11.1 Å². The van der Waals surface area contributed by atoms with Crippen LogP contribution in [0.5, 0.6) is 0 Å². The van der Waals surface area contributed by atoms with Crippen LogP contribution in [0.2, 0.25) is 0 Å². The van der Waals surface area contributed by atoms with Gasteiger partial charge in [0.15, 0.2) is 0 Å². The van der Waals surface area contributed by atoms with E-state index in [-0.39, 0.29) is 18.5 Å². The monoisotopic (exact) mass is 480 g/mol. The van der Waals surface area contributed by atoms with Crippen LogP contribution in [-0.4, -0.2) is 81.5 Å². The molecule has 2 amide bonds. The zero-order valence-corrected chi connectivity index (χ0v) is 20.2. The van der Waals surface area contributed by atoms with Crippen LogP contribution < -0.4 is 4.72 Å². The normalized spacial score (nSPS) is 21.0. The third kappa shape index (κ3) is 5.34. The van der Waals surface area contributed by atoms with E-state index in [4.69, 9.17) is 0 Å². The molecule has 2 aromatic rings. The van der Waals surface area contributed by atoms with E-state index in [9.17, 15) is 13.2 Å². The van der Waals surface area contributed by atoms with E-state index in [1.165, 1.54) is 38.0 Å². The first-order chi connectivity index (χ1) is 15.4. The molecule has 0 aliphatic carbocycles. The topological polar surface area (TPSA) is 73.0 Å². The summed E-state index contributed by atoms with van der Waals surface area (Å²) >= 11 is 0. The van der Waals surface area contributed by atoms with Crippen LogP contribution >= 0.6 is 0 Å². The van der Waals surface area contributed by atoms with Crippen LogP contribution in [0.3, 0.4) is 0 Å². The number of hydrogen-bond donors (Lipinski definition) is 1. The molecule has 1 fully saturated rings. The van der Waals surface area contributed by atoms with Gasteiger partial charge >= 0.3 is 6.03 Å². The van der Waals surface area contributed by atoms with Gasteiger partial charge in [-0.05, 0) is 24.5 Å². The van der Waals surface area contributed by atoms with E-state index in [2.05, 4.69) is 4.72 Å². The molecule has 7 nitrogen and oxygen atoms in total. The van der Waals surface area contributed by atoms with Crippen molar-refractivity contribution in [2.45, 2.75) is 31.6 Å². The van der Waals surface area contributed by atoms with Crippen molar-refractivity contribution in [2.24, 2.45) is 0 Å². The van der Waals surface area contributed by atoms with Crippen LogP contribution in [0.4, 0.5) is 13.6 Å². The lowest BCUT2D eigenvalue weighted by molar-refractivity contribution is 0.161. The molecule has 0 unspecified atom stereocenters. The van der Waals surface area contributed by atoms with Crippen molar-refractivity contribution in [3.8, 4) is 11.1 Å². The number of amides is 2. The van der Waals surface area contributed by atoms with Crippen molar-refractivity contribution in [2.75, 3.05) is 34.7 Å². The second-order valence-corrected chi connectivity index (χ2v) is 10.6. The van der Waals surface area contributed by atoms with Gasteiger partial charge < -0.3 is 9.80 Å². The fraction of sp³-hybridized carbons (Fsp3) is 0.435. The van der Waals surface area contributed by atoms with Gasteiger partial charge in [-0.25, -0.2) is 13.6 Å². The predicted octanol–water partition coefficient (Wildman–Crippen LogP) is 2.81. The minimum atomic E-state index is -3.98. The Morgan fingerprint density at radius 3 is 2.42 bits per heavy atom. The Morgan fingerprint density at radius 2 is 1.82 bits per heavy atom. The number of likely N-dealkylation sites (tertiary alicyclic amines) is 1. The largest absolute Gasteiger partial charge is 0.331 e. The molecule has 1 heterocycles. The highest BCUT2D eigenvalue weighted by molar-refractivity contribution is 7.87. The van der Waals surface area contributed by atoms with E-state index < -0.39 is 40.3 Å². The Hall–Kier alpha value is -2.56. The summed E-state index contributed by atoms with van der Waals surface area (Å²) in [6.45, 7) is 1.62. The Kier molecular flexibility index (Phi) is 7.40. The Morgan fingerprint density at radius 1 is 1.15 bits per heavy atom. The Bertz CT molecular complexity index is 1120. The molecular formula is C23H30F2N4O3S. The number of hydrogen-bond acceptors (Lipinski definition) is 3. The first-order valence-electron chi connectivity index (χ1n) is 10.6. The zero-order valence-electron chi connectivity index (χ0n) is 19.4. The molecule has 10 heteroatoms. The summed E-state index contributed by atoms with van der Waals surface area (Å²) in [7, 11) is 1.74. The highest BCUT2D eigenvalue weighted by Gasteiger charge is 2.47. The van der Waals surface area contributed by atoms with Crippen molar-refractivity contribution in [1.82, 2.24) is 18.8 Å². The summed E-state index contributed by atoms with van der Waals surface area (Å²) in [5, 5.41) is 0. The van der Waals surface area contributed by atoms with Crippen molar-refractivity contribution in [3.05, 3.63) is 59.4 Å². The Labute approximate surface area is 194 Å². The fourth-order valence-electron chi connectivity index (χ4n) is 4.01. The molecule has 1 saturated heterocycles. The molecular weight excluding hydrogens is 450 g/mol. The SMILES string of the molecule is Cc1cccc(-c2cccc(C[C@H]3[C@@H](NS(=O)(=O)N(C)C)[C@@H](F)CN3C(=O)N(C)C)c2F)c1. The first-order valence-corrected chi connectivity index (χ1v) is 12.0. The van der Waals surface area contributed by atoms with Gasteiger partial charge in [-0.3, -0.25) is 0 Å². The van der Waals surface area contributed by atoms with Crippen molar-refractivity contribution < 1.29 is 22.0 Å². The van der Waals surface area contributed by atoms with Gasteiger partial charge in [-0.2, -0.15) is 17.4 Å². The van der Waals surface area contributed by atoms with Gasteiger partial charge in [0.25, 0.3) is 10.2 Å². The van der Waals surface area contributed by atoms with Crippen LogP contribution in [0.1, 0.15) is 11.1 Å². The number of halogens is 2. The number of nitrogens with zero attached hydrogens (tertiary/aromatic N) is 3. The third-order valence-electron chi connectivity index (χ3n) is 5.81. The molecule has 0 radical (unpaired) electrons. The van der Waals surface area contributed by atoms with Gasteiger partial charge in [0.2, 0.25) is 0 Å². The van der Waals surface area contributed by atoms with Crippen molar-refractivity contribution in [1.29, 1.82) is 0 Å². The molecule has 1 aliphatic heterocycles. The van der Waals surface area contributed by atoms with Gasteiger partial charge in [0.05, 0.1) is 18.6 Å². The number of nitrogens with one attached hydrogen (secondary N) is 1. The predicted molar refractivity (Wildman–Crippen MR) is 124 cm³/mol. The minimum Gasteiger partial charge on any atom is -0.331 e. The summed E-state index contributed by atoms with van der Waals surface area (Å²) in [6, 6.07) is 9.77. The molecule has 0 spiro atoms. The standard InChI is InChI=1S/C23H30F2N4O3S/c1-15-8-6-9-16(12-15)18-11-7-10-17(21(18)25)13-20-22(26-33(31,32)28(4)5)19(24)14-29(20)23(30)27(2)3/h6-12,19-20,22,26H,13-14H2,1-5H3/t19-,20-,22-/m0/s1. The van der Waals surface area contributed by atoms with E-state index >= 15 is 8.78 Å². The molecule has 0 bridgehead atoms. The van der Waals surface area contributed by atoms with Gasteiger partial charge in [0, 0.05) is 33.8 Å². The lowest BCUT2D eigenvalue weighted by atomic mass is 9.95. The maximum atomic E-state index is 15.6. The molecule has 33 heavy (non-hydrogen) atoms. The molecule has 0 saturated carbocycles. The average molecular weight is 481 g/mol. The summed E-state index contributed by atoms with van der Waals surface area (Å²) in [6.07, 6.45) is -1.69. The summed E-state index contributed by atoms with van der Waals surface area (Å²) < 4.78 is 58.8. The average Bonchev–Trinajstić information content (AvgIpc) is 3.03. The lowest BCUT2D eigenvalue weighted by Gasteiger charge is -2.31. The molecule has 2 aromatic carbocycles. The van der Waals surface area contributed by atoms with E-state index in [1.54, 1.807) is 24.3 Å². The molecule has 1 N–H and O–H groups in total. The van der Waals surface area contributed by atoms with Crippen LogP contribution in [0.15, 0.2) is 42.5 Å². The molecule has 0 aromatic heterocycles. The number of urea groups is 1. The second kappa shape index (κ2) is 9.74. The molecule has 180 valence electrons. The van der Waals surface area contributed by atoms with Gasteiger partial charge in [-0.15, -0.1) is 0 Å². The molecule has 3 rings (SSSR count). The molecule has 3 atom stereocenters. The van der Waals surface area contributed by atoms with Gasteiger partial charge in [0.1, 0.15) is 12.0 Å². The first kappa shape index (κ1) is 25.1. The number of alkyl halides is 1. The van der Waals surface area contributed by atoms with Crippen molar-refractivity contribution in [3.63, 3.8) is 0 Å². The zero-order chi connectivity index (χ0) is 24.5. The number of rotatable bonds is 6. The van der Waals surface area contributed by atoms with Crippen LogP contribution in [0, 0.1) is 12.7 Å². The van der Waals surface area contributed by atoms with E-state index in [1.807, 2.05) is 25.1 Å². The molecule has 1 aliphatic rings. The minimum absolute atomic E-state index is 0.0495. The Balaban J connectivity index is 2.01. The van der Waals surface area contributed by atoms with E-state index in [0.717, 1.165) is 9.87 Å². The second-order valence-electron chi connectivity index (χ2n) is 8.70. The summed E-state index contributed by atoms with van der Waals surface area (Å²) in [4.78, 5) is 15.3. The number of benzene rings is 2. The van der Waals surface area contributed by atoms with Crippen LogP contribution in [-0.2, 0) is 16.6 Å². The summed E-state index contributed by atoms with van der Waals surface area (Å²) in [5.41, 5.74) is 2.35. The quantitative estimate of drug-likeness (QED) is 0.691. The highest BCUT2D eigenvalue weighted by atomic mass is 32.2. The smallest absolute Gasteiger partial charge is 0.319 e.